The SMILES string of the molecule is CCCC/C=C(\[C@@H](OC1=CCCCC1)c1ccccc1)S(=O)c1cccc2ccccc12. The largest absolute Gasteiger partial charge is 0.485 e. The van der Waals surface area contributed by atoms with Gasteiger partial charge in [0.15, 0.2) is 6.10 Å². The van der Waals surface area contributed by atoms with Crippen molar-refractivity contribution >= 4 is 21.6 Å². The van der Waals surface area contributed by atoms with Gasteiger partial charge in [0.2, 0.25) is 0 Å². The highest BCUT2D eigenvalue weighted by Gasteiger charge is 2.26. The van der Waals surface area contributed by atoms with E-state index in [-0.39, 0.29) is 6.10 Å². The molecule has 1 aliphatic rings. The van der Waals surface area contributed by atoms with Gasteiger partial charge in [-0.15, -0.1) is 0 Å². The van der Waals surface area contributed by atoms with E-state index in [1.807, 2.05) is 42.5 Å². The summed E-state index contributed by atoms with van der Waals surface area (Å²) in [5, 5.41) is 2.15. The molecule has 0 aliphatic heterocycles. The lowest BCUT2D eigenvalue weighted by Gasteiger charge is -2.26. The van der Waals surface area contributed by atoms with Crippen LogP contribution in [0.2, 0.25) is 0 Å². The van der Waals surface area contributed by atoms with Crippen LogP contribution in [0.3, 0.4) is 0 Å². The third kappa shape index (κ3) is 5.39. The lowest BCUT2D eigenvalue weighted by atomic mass is 10.0. The molecule has 0 amide bonds. The Morgan fingerprint density at radius 2 is 1.78 bits per heavy atom. The van der Waals surface area contributed by atoms with Gasteiger partial charge in [0, 0.05) is 6.42 Å². The molecule has 0 bridgehead atoms. The molecule has 3 aromatic rings. The number of benzene rings is 3. The average molecular weight is 445 g/mol. The number of allylic oxidation sites excluding steroid dienone is 3. The van der Waals surface area contributed by atoms with Crippen molar-refractivity contribution in [3.63, 3.8) is 0 Å². The van der Waals surface area contributed by atoms with E-state index in [9.17, 15) is 4.21 Å². The summed E-state index contributed by atoms with van der Waals surface area (Å²) >= 11 is 0. The van der Waals surface area contributed by atoms with Crippen molar-refractivity contribution in [2.45, 2.75) is 62.9 Å². The van der Waals surface area contributed by atoms with E-state index < -0.39 is 10.8 Å². The molecule has 2 atom stereocenters. The van der Waals surface area contributed by atoms with Gasteiger partial charge in [-0.05, 0) is 54.2 Å². The highest BCUT2D eigenvalue weighted by molar-refractivity contribution is 7.89. The quantitative estimate of drug-likeness (QED) is 0.311. The van der Waals surface area contributed by atoms with Gasteiger partial charge < -0.3 is 4.74 Å². The fraction of sp³-hybridized carbons (Fsp3) is 0.310. The second kappa shape index (κ2) is 11.3. The smallest absolute Gasteiger partial charge is 0.157 e. The Bertz CT molecular complexity index is 1110. The molecule has 0 N–H and O–H groups in total. The van der Waals surface area contributed by atoms with Gasteiger partial charge in [-0.3, -0.25) is 0 Å². The van der Waals surface area contributed by atoms with Crippen LogP contribution in [0.25, 0.3) is 10.8 Å². The molecule has 1 aliphatic carbocycles. The van der Waals surface area contributed by atoms with Gasteiger partial charge in [-0.25, -0.2) is 4.21 Å². The zero-order valence-corrected chi connectivity index (χ0v) is 19.7. The maximum atomic E-state index is 14.2. The highest BCUT2D eigenvalue weighted by atomic mass is 32.2. The fourth-order valence-corrected chi connectivity index (χ4v) is 5.69. The van der Waals surface area contributed by atoms with Crippen molar-refractivity contribution in [3.8, 4) is 0 Å². The minimum atomic E-state index is -1.33. The van der Waals surface area contributed by atoms with Crippen molar-refractivity contribution in [1.29, 1.82) is 0 Å². The maximum absolute atomic E-state index is 14.2. The summed E-state index contributed by atoms with van der Waals surface area (Å²) in [6, 6.07) is 24.5. The first kappa shape index (κ1) is 22.5. The minimum absolute atomic E-state index is 0.350. The fourth-order valence-electron chi connectivity index (χ4n) is 4.20. The Balaban J connectivity index is 1.78. The van der Waals surface area contributed by atoms with Crippen LogP contribution < -0.4 is 0 Å². The molecule has 0 spiro atoms. The monoisotopic (exact) mass is 444 g/mol. The molecule has 0 heterocycles. The molecule has 3 heteroatoms. The number of fused-ring (bicyclic) bond motifs is 1. The summed E-state index contributed by atoms with van der Waals surface area (Å²) in [6.45, 7) is 2.19. The molecule has 0 radical (unpaired) electrons. The van der Waals surface area contributed by atoms with E-state index in [0.29, 0.717) is 0 Å². The van der Waals surface area contributed by atoms with Gasteiger partial charge in [-0.2, -0.15) is 0 Å². The zero-order valence-electron chi connectivity index (χ0n) is 18.8. The summed E-state index contributed by atoms with van der Waals surface area (Å²) in [5.74, 6) is 1.03. The predicted octanol–water partition coefficient (Wildman–Crippen LogP) is 8.24. The first-order valence-corrected chi connectivity index (χ1v) is 12.9. The van der Waals surface area contributed by atoms with Crippen LogP contribution in [-0.2, 0) is 15.5 Å². The molecule has 166 valence electrons. The molecular weight excluding hydrogens is 412 g/mol. The zero-order chi connectivity index (χ0) is 22.2. The van der Waals surface area contributed by atoms with Gasteiger partial charge in [0.25, 0.3) is 0 Å². The Labute approximate surface area is 194 Å². The third-order valence-corrected chi connectivity index (χ3v) is 7.51. The number of ether oxygens (including phenoxy) is 1. The Hall–Kier alpha value is -2.65. The lowest BCUT2D eigenvalue weighted by Crippen LogP contribution is -2.13. The first-order valence-electron chi connectivity index (χ1n) is 11.8. The first-order chi connectivity index (χ1) is 15.8. The molecular formula is C29H32O2S. The maximum Gasteiger partial charge on any atom is 0.157 e. The van der Waals surface area contributed by atoms with E-state index in [0.717, 1.165) is 70.4 Å². The molecule has 3 aromatic carbocycles. The van der Waals surface area contributed by atoms with Crippen LogP contribution in [0.1, 0.15) is 63.5 Å². The average Bonchev–Trinajstić information content (AvgIpc) is 2.86. The molecule has 0 fully saturated rings. The normalized spacial score (nSPS) is 16.4. The van der Waals surface area contributed by atoms with Crippen molar-refractivity contribution in [2.75, 3.05) is 0 Å². The molecule has 4 rings (SSSR count). The topological polar surface area (TPSA) is 26.3 Å². The van der Waals surface area contributed by atoms with Gasteiger partial charge >= 0.3 is 0 Å². The summed E-state index contributed by atoms with van der Waals surface area (Å²) in [6.07, 6.45) is 11.5. The second-order valence-electron chi connectivity index (χ2n) is 8.32. The van der Waals surface area contributed by atoms with Crippen LogP contribution in [0.4, 0.5) is 0 Å². The summed E-state index contributed by atoms with van der Waals surface area (Å²) in [5.41, 5.74) is 1.05. The summed E-state index contributed by atoms with van der Waals surface area (Å²) in [4.78, 5) is 1.71. The number of rotatable bonds is 9. The molecule has 0 saturated heterocycles. The Kier molecular flexibility index (Phi) is 7.95. The van der Waals surface area contributed by atoms with Crippen LogP contribution in [0, 0.1) is 0 Å². The molecule has 32 heavy (non-hydrogen) atoms. The number of hydrogen-bond acceptors (Lipinski definition) is 2. The summed E-state index contributed by atoms with van der Waals surface area (Å²) < 4.78 is 20.8. The predicted molar refractivity (Wildman–Crippen MR) is 135 cm³/mol. The van der Waals surface area contributed by atoms with Gasteiger partial charge in [0.05, 0.1) is 26.4 Å². The van der Waals surface area contributed by atoms with Crippen LogP contribution >= 0.6 is 0 Å². The minimum Gasteiger partial charge on any atom is -0.485 e. The molecule has 0 saturated carbocycles. The van der Waals surface area contributed by atoms with E-state index in [4.69, 9.17) is 4.74 Å². The van der Waals surface area contributed by atoms with E-state index in [2.05, 4.69) is 49.4 Å². The standard InChI is InChI=1S/C29H32O2S/c1-2-3-6-21-28(32(30)27-22-13-17-23-14-11-12-20-26(23)27)29(24-15-7-4-8-16-24)31-25-18-9-5-10-19-25/h4,7-8,11-18,20-22,29H,2-3,5-6,9-10,19H2,1H3/b28-21+/t29-,32?/m0/s1. The van der Waals surface area contributed by atoms with Crippen molar-refractivity contribution in [1.82, 2.24) is 0 Å². The molecule has 0 aromatic heterocycles. The number of hydrogen-bond donors (Lipinski definition) is 0. The van der Waals surface area contributed by atoms with Gasteiger partial charge in [-0.1, -0.05) is 92.6 Å². The van der Waals surface area contributed by atoms with Crippen LogP contribution in [0.15, 0.2) is 101 Å². The van der Waals surface area contributed by atoms with E-state index >= 15 is 0 Å². The van der Waals surface area contributed by atoms with Crippen molar-refractivity contribution in [3.05, 3.63) is 101 Å². The van der Waals surface area contributed by atoms with Crippen LogP contribution in [0.5, 0.6) is 0 Å². The highest BCUT2D eigenvalue weighted by Crippen LogP contribution is 2.37. The lowest BCUT2D eigenvalue weighted by molar-refractivity contribution is 0.139. The number of unbranched alkanes of at least 4 members (excludes halogenated alkanes) is 2. The van der Waals surface area contributed by atoms with E-state index in [1.165, 1.54) is 6.42 Å². The Morgan fingerprint density at radius 3 is 2.56 bits per heavy atom. The molecule has 2 nitrogen and oxygen atoms in total. The van der Waals surface area contributed by atoms with Crippen molar-refractivity contribution in [2.24, 2.45) is 0 Å². The van der Waals surface area contributed by atoms with Gasteiger partial charge in [0.1, 0.15) is 0 Å². The van der Waals surface area contributed by atoms with Crippen LogP contribution in [-0.4, -0.2) is 4.21 Å². The van der Waals surface area contributed by atoms with E-state index in [1.54, 1.807) is 0 Å². The molecule has 1 unspecified atom stereocenters. The summed E-state index contributed by atoms with van der Waals surface area (Å²) in [7, 11) is -1.33. The third-order valence-electron chi connectivity index (χ3n) is 5.95. The second-order valence-corrected chi connectivity index (χ2v) is 9.77. The Morgan fingerprint density at radius 1 is 1.00 bits per heavy atom. The van der Waals surface area contributed by atoms with Crippen molar-refractivity contribution < 1.29 is 8.95 Å².